The summed E-state index contributed by atoms with van der Waals surface area (Å²) in [6.45, 7) is 0. The van der Waals surface area contributed by atoms with Gasteiger partial charge in [-0.2, -0.15) is 0 Å². The zero-order valence-electron chi connectivity index (χ0n) is 10.5. The van der Waals surface area contributed by atoms with E-state index >= 15 is 0 Å². The van der Waals surface area contributed by atoms with Crippen LogP contribution in [0.1, 0.15) is 16.1 Å². The van der Waals surface area contributed by atoms with Gasteiger partial charge in [-0.1, -0.05) is 52.3 Å². The van der Waals surface area contributed by atoms with Crippen LogP contribution in [-0.4, -0.2) is 5.78 Å². The van der Waals surface area contributed by atoms with Gasteiger partial charge in [0.1, 0.15) is 5.58 Å². The highest BCUT2D eigenvalue weighted by molar-refractivity contribution is 9.10. The number of rotatable bonds is 3. The molecule has 1 heterocycles. The van der Waals surface area contributed by atoms with E-state index in [-0.39, 0.29) is 5.78 Å². The molecule has 3 heteroatoms. The second-order valence-corrected chi connectivity index (χ2v) is 5.31. The first kappa shape index (κ1) is 12.9. The first-order valence-electron chi connectivity index (χ1n) is 6.19. The number of carbonyl (C=O) groups excluding carboxylic acids is 1. The Balaban J connectivity index is 1.83. The Morgan fingerprint density at radius 3 is 2.55 bits per heavy atom. The maximum absolute atomic E-state index is 12.1. The molecule has 0 bridgehead atoms. The minimum Gasteiger partial charge on any atom is -0.453 e. The summed E-state index contributed by atoms with van der Waals surface area (Å²) in [6, 6.07) is 17.1. The Kier molecular flexibility index (Phi) is 3.52. The third kappa shape index (κ3) is 2.73. The zero-order valence-corrected chi connectivity index (χ0v) is 12.1. The maximum atomic E-state index is 12.1. The van der Waals surface area contributed by atoms with Crippen LogP contribution in [0.2, 0.25) is 0 Å². The Morgan fingerprint density at radius 1 is 1.05 bits per heavy atom. The van der Waals surface area contributed by atoms with Crippen molar-refractivity contribution in [1.29, 1.82) is 0 Å². The van der Waals surface area contributed by atoms with Crippen molar-refractivity contribution in [2.45, 2.75) is 0 Å². The summed E-state index contributed by atoms with van der Waals surface area (Å²) in [5.74, 6) is 0.226. The summed E-state index contributed by atoms with van der Waals surface area (Å²) >= 11 is 3.38. The van der Waals surface area contributed by atoms with Crippen molar-refractivity contribution in [3.05, 3.63) is 76.5 Å². The van der Waals surface area contributed by atoms with Gasteiger partial charge in [-0.3, -0.25) is 4.79 Å². The van der Waals surface area contributed by atoms with Gasteiger partial charge in [-0.15, -0.1) is 0 Å². The molecule has 0 aliphatic carbocycles. The van der Waals surface area contributed by atoms with Crippen LogP contribution >= 0.6 is 15.9 Å². The fourth-order valence-corrected chi connectivity index (χ4v) is 2.20. The number of allylic oxidation sites excluding steroid dienone is 1. The number of benzene rings is 2. The molecule has 0 spiro atoms. The fourth-order valence-electron chi connectivity index (χ4n) is 1.93. The third-order valence-electron chi connectivity index (χ3n) is 2.97. The number of fused-ring (bicyclic) bond motifs is 1. The van der Waals surface area contributed by atoms with Crippen LogP contribution in [0.15, 0.2) is 69.6 Å². The normalized spacial score (nSPS) is 11.2. The number of hydrogen-bond donors (Lipinski definition) is 0. The second-order valence-electron chi connectivity index (χ2n) is 4.40. The smallest absolute Gasteiger partial charge is 0.221 e. The highest BCUT2D eigenvalue weighted by Gasteiger charge is 2.08. The lowest BCUT2D eigenvalue weighted by Gasteiger charge is -1.93. The molecule has 0 amide bonds. The van der Waals surface area contributed by atoms with Crippen molar-refractivity contribution < 1.29 is 9.21 Å². The molecule has 2 aromatic carbocycles. The lowest BCUT2D eigenvalue weighted by molar-refractivity contribution is 0.102. The third-order valence-corrected chi connectivity index (χ3v) is 3.49. The minimum atomic E-state index is -0.135. The van der Waals surface area contributed by atoms with Crippen LogP contribution in [0.5, 0.6) is 0 Å². The van der Waals surface area contributed by atoms with Crippen molar-refractivity contribution in [3.8, 4) is 0 Å². The van der Waals surface area contributed by atoms with Crippen molar-refractivity contribution >= 4 is 38.8 Å². The molecule has 0 aliphatic rings. The molecule has 0 radical (unpaired) electrons. The Hall–Kier alpha value is -2.13. The van der Waals surface area contributed by atoms with E-state index in [1.165, 1.54) is 6.08 Å². The predicted molar refractivity (Wildman–Crippen MR) is 83.7 cm³/mol. The van der Waals surface area contributed by atoms with Gasteiger partial charge in [0.15, 0.2) is 5.76 Å². The highest BCUT2D eigenvalue weighted by Crippen LogP contribution is 2.19. The van der Waals surface area contributed by atoms with E-state index in [2.05, 4.69) is 15.9 Å². The topological polar surface area (TPSA) is 30.2 Å². The number of furan rings is 1. The Bertz CT molecular complexity index is 749. The van der Waals surface area contributed by atoms with Gasteiger partial charge in [0, 0.05) is 9.86 Å². The van der Waals surface area contributed by atoms with E-state index in [4.69, 9.17) is 4.42 Å². The van der Waals surface area contributed by atoms with Gasteiger partial charge in [0.2, 0.25) is 5.78 Å². The molecular formula is C17H11BrO2. The van der Waals surface area contributed by atoms with Gasteiger partial charge in [-0.25, -0.2) is 0 Å². The molecule has 0 saturated heterocycles. The first-order chi connectivity index (χ1) is 9.72. The van der Waals surface area contributed by atoms with Crippen molar-refractivity contribution in [3.63, 3.8) is 0 Å². The van der Waals surface area contributed by atoms with Crippen molar-refractivity contribution in [1.82, 2.24) is 0 Å². The van der Waals surface area contributed by atoms with Crippen LogP contribution in [-0.2, 0) is 0 Å². The SMILES string of the molecule is O=C(/C=C/c1ccc(Br)cc1)c1cc2ccccc2o1. The summed E-state index contributed by atoms with van der Waals surface area (Å²) < 4.78 is 6.54. The monoisotopic (exact) mass is 326 g/mol. The number of halogens is 1. The molecule has 0 N–H and O–H groups in total. The van der Waals surface area contributed by atoms with E-state index in [0.717, 1.165) is 21.0 Å². The number of hydrogen-bond acceptors (Lipinski definition) is 2. The first-order valence-corrected chi connectivity index (χ1v) is 6.98. The number of para-hydroxylation sites is 1. The lowest BCUT2D eigenvalue weighted by atomic mass is 10.2. The quantitative estimate of drug-likeness (QED) is 0.495. The van der Waals surface area contributed by atoms with E-state index in [9.17, 15) is 4.79 Å². The second kappa shape index (κ2) is 5.47. The molecule has 0 fully saturated rings. The minimum absolute atomic E-state index is 0.135. The van der Waals surface area contributed by atoms with Crippen LogP contribution in [0, 0.1) is 0 Å². The summed E-state index contributed by atoms with van der Waals surface area (Å²) in [4.78, 5) is 12.1. The largest absolute Gasteiger partial charge is 0.453 e. The van der Waals surface area contributed by atoms with Crippen LogP contribution in [0.25, 0.3) is 17.0 Å². The fraction of sp³-hybridized carbons (Fsp3) is 0. The summed E-state index contributed by atoms with van der Waals surface area (Å²) in [5, 5.41) is 0.938. The molecule has 3 aromatic rings. The van der Waals surface area contributed by atoms with Gasteiger partial charge in [-0.05, 0) is 35.9 Å². The molecule has 0 aliphatic heterocycles. The summed E-state index contributed by atoms with van der Waals surface area (Å²) in [6.07, 6.45) is 3.31. The van der Waals surface area contributed by atoms with E-state index in [0.29, 0.717) is 5.76 Å². The van der Waals surface area contributed by atoms with E-state index in [1.807, 2.05) is 48.5 Å². The molecule has 3 rings (SSSR count). The molecular weight excluding hydrogens is 316 g/mol. The highest BCUT2D eigenvalue weighted by atomic mass is 79.9. The van der Waals surface area contributed by atoms with Crippen LogP contribution < -0.4 is 0 Å². The Morgan fingerprint density at radius 2 is 1.80 bits per heavy atom. The van der Waals surface area contributed by atoms with Crippen molar-refractivity contribution in [2.75, 3.05) is 0 Å². The number of ketones is 1. The van der Waals surface area contributed by atoms with Gasteiger partial charge >= 0.3 is 0 Å². The van der Waals surface area contributed by atoms with Gasteiger partial charge in [0.05, 0.1) is 0 Å². The lowest BCUT2D eigenvalue weighted by Crippen LogP contribution is -1.90. The summed E-state index contributed by atoms with van der Waals surface area (Å²) in [5.41, 5.74) is 1.70. The molecule has 20 heavy (non-hydrogen) atoms. The molecule has 98 valence electrons. The molecule has 0 saturated carbocycles. The van der Waals surface area contributed by atoms with Gasteiger partial charge < -0.3 is 4.42 Å². The molecule has 0 atom stereocenters. The predicted octanol–water partition coefficient (Wildman–Crippen LogP) is 5.09. The summed E-state index contributed by atoms with van der Waals surface area (Å²) in [7, 11) is 0. The average Bonchev–Trinajstić information content (AvgIpc) is 2.90. The maximum Gasteiger partial charge on any atom is 0.221 e. The van der Waals surface area contributed by atoms with Crippen LogP contribution in [0.3, 0.4) is 0 Å². The number of carbonyl (C=O) groups is 1. The van der Waals surface area contributed by atoms with Crippen LogP contribution in [0.4, 0.5) is 0 Å². The van der Waals surface area contributed by atoms with Gasteiger partial charge in [0.25, 0.3) is 0 Å². The van der Waals surface area contributed by atoms with Crippen molar-refractivity contribution in [2.24, 2.45) is 0 Å². The zero-order chi connectivity index (χ0) is 13.9. The molecule has 2 nitrogen and oxygen atoms in total. The van der Waals surface area contributed by atoms with E-state index < -0.39 is 0 Å². The average molecular weight is 327 g/mol. The van der Waals surface area contributed by atoms with E-state index in [1.54, 1.807) is 12.1 Å². The standard InChI is InChI=1S/C17H11BrO2/c18-14-8-5-12(6-9-14)7-10-15(19)17-11-13-3-1-2-4-16(13)20-17/h1-11H/b10-7+. The molecule has 1 aromatic heterocycles. The molecule has 0 unspecified atom stereocenters. The Labute approximate surface area is 124 Å².